The maximum absolute atomic E-state index is 11.2. The standard InChI is InChI=1S/C14H20N4O4/c1-8(12-10(19)5-2-6-11(12)20)18-9(13(21)22)4-3-7-17-14(15)16/h2,5-6,9,19-20H,3-4,7H2,1H3,(H,21,22)(H4,15,16,17). The number of nitrogens with two attached hydrogens (primary N) is 2. The molecule has 120 valence electrons. The first-order valence-corrected chi connectivity index (χ1v) is 6.66. The smallest absolute Gasteiger partial charge is 0.328 e. The number of carboxylic acids is 1. The molecule has 1 atom stereocenters. The third-order valence-corrected chi connectivity index (χ3v) is 2.95. The predicted molar refractivity (Wildman–Crippen MR) is 83.3 cm³/mol. The fraction of sp³-hybridized carbons (Fsp3) is 0.357. The first-order chi connectivity index (χ1) is 10.3. The highest BCUT2D eigenvalue weighted by Crippen LogP contribution is 2.27. The highest BCUT2D eigenvalue weighted by Gasteiger charge is 2.18. The minimum atomic E-state index is -1.10. The summed E-state index contributed by atoms with van der Waals surface area (Å²) in [6, 6.07) is 3.25. The molecule has 1 aromatic carbocycles. The summed E-state index contributed by atoms with van der Waals surface area (Å²) in [4.78, 5) is 19.1. The molecule has 0 bridgehead atoms. The summed E-state index contributed by atoms with van der Waals surface area (Å²) in [6.07, 6.45) is 0.677. The third kappa shape index (κ3) is 4.97. The van der Waals surface area contributed by atoms with Gasteiger partial charge in [-0.1, -0.05) is 6.07 Å². The van der Waals surface area contributed by atoms with Gasteiger partial charge in [0.25, 0.3) is 0 Å². The number of phenols is 2. The van der Waals surface area contributed by atoms with Crippen molar-refractivity contribution < 1.29 is 20.1 Å². The quantitative estimate of drug-likeness (QED) is 0.279. The van der Waals surface area contributed by atoms with Crippen LogP contribution in [0.1, 0.15) is 25.3 Å². The second-order valence-electron chi connectivity index (χ2n) is 4.69. The van der Waals surface area contributed by atoms with E-state index in [1.807, 2.05) is 0 Å². The van der Waals surface area contributed by atoms with Crippen LogP contribution < -0.4 is 11.5 Å². The molecule has 0 fully saturated rings. The Bertz CT molecular complexity index is 574. The van der Waals surface area contributed by atoms with Gasteiger partial charge in [0.2, 0.25) is 0 Å². The number of carbonyl (C=O) groups is 1. The zero-order valence-corrected chi connectivity index (χ0v) is 12.2. The molecule has 22 heavy (non-hydrogen) atoms. The number of hydrogen-bond donors (Lipinski definition) is 5. The van der Waals surface area contributed by atoms with Crippen LogP contribution in [0.4, 0.5) is 0 Å². The van der Waals surface area contributed by atoms with E-state index >= 15 is 0 Å². The van der Waals surface area contributed by atoms with Gasteiger partial charge >= 0.3 is 5.97 Å². The van der Waals surface area contributed by atoms with Crippen molar-refractivity contribution in [3.63, 3.8) is 0 Å². The third-order valence-electron chi connectivity index (χ3n) is 2.95. The molecule has 0 aromatic heterocycles. The molecule has 8 heteroatoms. The van der Waals surface area contributed by atoms with Gasteiger partial charge in [0.15, 0.2) is 5.96 Å². The molecule has 0 aliphatic heterocycles. The monoisotopic (exact) mass is 308 g/mol. The maximum Gasteiger partial charge on any atom is 0.328 e. The number of phenolic OH excluding ortho intramolecular Hbond substituents is 2. The molecule has 1 rings (SSSR count). The molecule has 0 saturated carbocycles. The zero-order chi connectivity index (χ0) is 16.7. The van der Waals surface area contributed by atoms with Crippen molar-refractivity contribution in [2.24, 2.45) is 21.5 Å². The zero-order valence-electron chi connectivity index (χ0n) is 12.2. The predicted octanol–water partition coefficient (Wildman–Crippen LogP) is 0.414. The average Bonchev–Trinajstić information content (AvgIpc) is 2.41. The summed E-state index contributed by atoms with van der Waals surface area (Å²) in [5.41, 5.74) is 10.7. The van der Waals surface area contributed by atoms with Crippen molar-refractivity contribution in [2.45, 2.75) is 25.8 Å². The van der Waals surface area contributed by atoms with E-state index in [-0.39, 0.29) is 35.2 Å². The van der Waals surface area contributed by atoms with Crippen LogP contribution in [-0.2, 0) is 4.79 Å². The number of aliphatic carboxylic acids is 1. The van der Waals surface area contributed by atoms with E-state index in [1.165, 1.54) is 25.1 Å². The molecule has 0 aliphatic rings. The fourth-order valence-corrected chi connectivity index (χ4v) is 1.93. The molecule has 0 spiro atoms. The Kier molecular flexibility index (Phi) is 6.18. The molecule has 0 aliphatic carbocycles. The summed E-state index contributed by atoms with van der Waals surface area (Å²) in [6.45, 7) is 1.84. The Morgan fingerprint density at radius 3 is 2.36 bits per heavy atom. The fourth-order valence-electron chi connectivity index (χ4n) is 1.93. The van der Waals surface area contributed by atoms with E-state index in [0.29, 0.717) is 13.0 Å². The average molecular weight is 308 g/mol. The molecule has 0 radical (unpaired) electrons. The topological polar surface area (TPSA) is 155 Å². The highest BCUT2D eigenvalue weighted by molar-refractivity contribution is 6.04. The number of aromatic hydroxyl groups is 2. The van der Waals surface area contributed by atoms with Crippen LogP contribution in [0.25, 0.3) is 0 Å². The molecule has 0 saturated heterocycles. The van der Waals surface area contributed by atoms with Crippen LogP contribution >= 0.6 is 0 Å². The Morgan fingerprint density at radius 1 is 1.27 bits per heavy atom. The van der Waals surface area contributed by atoms with Crippen LogP contribution in [0, 0.1) is 0 Å². The normalized spacial score (nSPS) is 12.7. The lowest BCUT2D eigenvalue weighted by molar-refractivity contribution is -0.138. The van der Waals surface area contributed by atoms with Crippen LogP contribution in [0.15, 0.2) is 28.2 Å². The molecule has 1 aromatic rings. The van der Waals surface area contributed by atoms with Crippen molar-refractivity contribution >= 4 is 17.6 Å². The van der Waals surface area contributed by atoms with E-state index in [9.17, 15) is 20.1 Å². The minimum Gasteiger partial charge on any atom is -0.507 e. The minimum absolute atomic E-state index is 0.0503. The Hall–Kier alpha value is -2.77. The number of benzene rings is 1. The van der Waals surface area contributed by atoms with Crippen molar-refractivity contribution in [2.75, 3.05) is 6.54 Å². The first-order valence-electron chi connectivity index (χ1n) is 6.66. The number of rotatable bonds is 7. The largest absolute Gasteiger partial charge is 0.507 e. The van der Waals surface area contributed by atoms with Crippen molar-refractivity contribution in [1.82, 2.24) is 0 Å². The van der Waals surface area contributed by atoms with E-state index in [2.05, 4.69) is 9.98 Å². The number of carboxylic acid groups (broad SMARTS) is 1. The summed E-state index contributed by atoms with van der Waals surface area (Å²) in [7, 11) is 0. The molecule has 7 N–H and O–H groups in total. The van der Waals surface area contributed by atoms with Crippen LogP contribution in [0.3, 0.4) is 0 Å². The van der Waals surface area contributed by atoms with Gasteiger partial charge in [-0.2, -0.15) is 0 Å². The van der Waals surface area contributed by atoms with Gasteiger partial charge in [0.1, 0.15) is 17.5 Å². The number of hydrogen-bond acceptors (Lipinski definition) is 5. The van der Waals surface area contributed by atoms with Gasteiger partial charge < -0.3 is 26.8 Å². The van der Waals surface area contributed by atoms with Gasteiger partial charge in [-0.05, 0) is 31.9 Å². The van der Waals surface area contributed by atoms with E-state index in [1.54, 1.807) is 0 Å². The summed E-state index contributed by atoms with van der Waals surface area (Å²) >= 11 is 0. The van der Waals surface area contributed by atoms with E-state index < -0.39 is 12.0 Å². The Morgan fingerprint density at radius 2 is 1.86 bits per heavy atom. The lowest BCUT2D eigenvalue weighted by Crippen LogP contribution is -2.23. The van der Waals surface area contributed by atoms with Gasteiger partial charge in [-0.25, -0.2) is 4.79 Å². The van der Waals surface area contributed by atoms with Crippen molar-refractivity contribution in [3.05, 3.63) is 23.8 Å². The Labute approximate surface area is 127 Å². The van der Waals surface area contributed by atoms with Crippen LogP contribution in [0.5, 0.6) is 11.5 Å². The lowest BCUT2D eigenvalue weighted by Gasteiger charge is -2.11. The molecule has 8 nitrogen and oxygen atoms in total. The number of guanidine groups is 1. The number of nitrogens with zero attached hydrogens (tertiary/aromatic N) is 2. The van der Waals surface area contributed by atoms with Gasteiger partial charge in [0.05, 0.1) is 5.56 Å². The second kappa shape index (κ2) is 7.87. The van der Waals surface area contributed by atoms with Crippen molar-refractivity contribution in [1.29, 1.82) is 0 Å². The summed E-state index contributed by atoms with van der Waals surface area (Å²) in [5.74, 6) is -1.47. The Balaban J connectivity index is 2.88. The van der Waals surface area contributed by atoms with E-state index in [0.717, 1.165) is 0 Å². The van der Waals surface area contributed by atoms with Crippen molar-refractivity contribution in [3.8, 4) is 11.5 Å². The van der Waals surface area contributed by atoms with Gasteiger partial charge in [-0.15, -0.1) is 0 Å². The SMILES string of the molecule is CC(=NC(CCCN=C(N)N)C(=O)O)c1c(O)cccc1O. The molecule has 0 heterocycles. The summed E-state index contributed by atoms with van der Waals surface area (Å²) < 4.78 is 0. The molecule has 0 amide bonds. The highest BCUT2D eigenvalue weighted by atomic mass is 16.4. The lowest BCUT2D eigenvalue weighted by atomic mass is 10.1. The van der Waals surface area contributed by atoms with Crippen LogP contribution in [-0.4, -0.2) is 45.5 Å². The molecular formula is C14H20N4O4. The molecular weight excluding hydrogens is 288 g/mol. The van der Waals surface area contributed by atoms with Gasteiger partial charge in [0, 0.05) is 12.3 Å². The van der Waals surface area contributed by atoms with Gasteiger partial charge in [-0.3, -0.25) is 9.98 Å². The molecule has 1 unspecified atom stereocenters. The van der Waals surface area contributed by atoms with E-state index in [4.69, 9.17) is 11.5 Å². The summed E-state index contributed by atoms with van der Waals surface area (Å²) in [5, 5.41) is 28.7. The second-order valence-corrected chi connectivity index (χ2v) is 4.69. The maximum atomic E-state index is 11.2. The van der Waals surface area contributed by atoms with Crippen LogP contribution in [0.2, 0.25) is 0 Å². The first kappa shape index (κ1) is 17.3. The number of aliphatic imine (C=N–C) groups is 2.